The molecule has 1 aromatic carbocycles. The summed E-state index contributed by atoms with van der Waals surface area (Å²) in [5.74, 6) is 0.380. The molecule has 0 saturated carbocycles. The molecular formula is C14H14ClN3O2. The van der Waals surface area contributed by atoms with Crippen LogP contribution in [-0.2, 0) is 6.54 Å². The summed E-state index contributed by atoms with van der Waals surface area (Å²) in [6.45, 7) is 3.35. The van der Waals surface area contributed by atoms with Crippen molar-refractivity contribution >= 4 is 23.2 Å². The Morgan fingerprint density at radius 2 is 2.30 bits per heavy atom. The van der Waals surface area contributed by atoms with Gasteiger partial charge < -0.3 is 10.1 Å². The monoisotopic (exact) mass is 291 g/mol. The van der Waals surface area contributed by atoms with Gasteiger partial charge in [-0.05, 0) is 24.6 Å². The summed E-state index contributed by atoms with van der Waals surface area (Å²) in [7, 11) is 0. The molecule has 1 N–H and O–H groups in total. The Morgan fingerprint density at radius 3 is 3.10 bits per heavy atom. The van der Waals surface area contributed by atoms with Crippen LogP contribution in [0.15, 0.2) is 24.3 Å². The van der Waals surface area contributed by atoms with Crippen LogP contribution >= 0.6 is 11.6 Å². The average molecular weight is 292 g/mol. The Labute approximate surface area is 121 Å². The van der Waals surface area contributed by atoms with E-state index < -0.39 is 0 Å². The van der Waals surface area contributed by atoms with Gasteiger partial charge in [0, 0.05) is 29.7 Å². The van der Waals surface area contributed by atoms with E-state index in [9.17, 15) is 4.79 Å². The molecule has 104 valence electrons. The number of carbonyl (C=O) groups excluding carboxylic acids is 1. The number of carbonyl (C=O) groups is 1. The third kappa shape index (κ3) is 2.49. The number of hydrogen-bond acceptors (Lipinski definition) is 3. The highest BCUT2D eigenvalue weighted by Gasteiger charge is 2.18. The molecule has 1 aromatic heterocycles. The number of hydrogen-bond donors (Lipinski definition) is 1. The van der Waals surface area contributed by atoms with E-state index >= 15 is 0 Å². The van der Waals surface area contributed by atoms with Gasteiger partial charge in [0.05, 0.1) is 6.61 Å². The fraction of sp³-hybridized carbons (Fsp3) is 0.286. The molecule has 1 aliphatic rings. The van der Waals surface area contributed by atoms with E-state index in [4.69, 9.17) is 16.3 Å². The van der Waals surface area contributed by atoms with Crippen LogP contribution in [0.5, 0.6) is 5.88 Å². The normalized spacial score (nSPS) is 13.5. The quantitative estimate of drug-likeness (QED) is 0.925. The summed E-state index contributed by atoms with van der Waals surface area (Å²) in [5, 5.41) is 7.65. The summed E-state index contributed by atoms with van der Waals surface area (Å²) in [5.41, 5.74) is 1.98. The Kier molecular flexibility index (Phi) is 3.36. The number of halogens is 1. The van der Waals surface area contributed by atoms with Gasteiger partial charge in [-0.1, -0.05) is 17.7 Å². The van der Waals surface area contributed by atoms with Crippen LogP contribution in [0.3, 0.4) is 0 Å². The van der Waals surface area contributed by atoms with Crippen molar-refractivity contribution in [2.75, 3.05) is 11.9 Å². The van der Waals surface area contributed by atoms with E-state index in [1.165, 1.54) is 0 Å². The van der Waals surface area contributed by atoms with Gasteiger partial charge in [-0.15, -0.1) is 0 Å². The molecule has 2 heterocycles. The molecule has 5 nitrogen and oxygen atoms in total. The molecule has 0 spiro atoms. The van der Waals surface area contributed by atoms with E-state index in [0.717, 1.165) is 18.5 Å². The number of amides is 1. The molecule has 0 fully saturated rings. The molecular weight excluding hydrogens is 278 g/mol. The molecule has 1 amide bonds. The number of nitrogens with one attached hydrogen (secondary N) is 1. The number of rotatable bonds is 2. The van der Waals surface area contributed by atoms with Crippen molar-refractivity contribution in [1.29, 1.82) is 0 Å². The topological polar surface area (TPSA) is 56.2 Å². The third-order valence-electron chi connectivity index (χ3n) is 3.19. The van der Waals surface area contributed by atoms with E-state index in [1.54, 1.807) is 22.9 Å². The zero-order valence-corrected chi connectivity index (χ0v) is 11.8. The van der Waals surface area contributed by atoms with Crippen molar-refractivity contribution in [3.63, 3.8) is 0 Å². The van der Waals surface area contributed by atoms with Crippen LogP contribution in [0.2, 0.25) is 5.02 Å². The van der Waals surface area contributed by atoms with E-state index in [1.807, 2.05) is 13.0 Å². The highest BCUT2D eigenvalue weighted by atomic mass is 35.5. The lowest BCUT2D eigenvalue weighted by Gasteiger charge is -2.13. The lowest BCUT2D eigenvalue weighted by molar-refractivity contribution is 0.102. The van der Waals surface area contributed by atoms with Crippen molar-refractivity contribution in [1.82, 2.24) is 9.78 Å². The molecule has 0 bridgehead atoms. The number of aromatic nitrogens is 2. The van der Waals surface area contributed by atoms with Crippen molar-refractivity contribution in [3.05, 3.63) is 40.5 Å². The Morgan fingerprint density at radius 1 is 1.45 bits per heavy atom. The first kappa shape index (κ1) is 13.0. The highest BCUT2D eigenvalue weighted by molar-refractivity contribution is 6.31. The molecule has 3 rings (SSSR count). The van der Waals surface area contributed by atoms with Crippen molar-refractivity contribution < 1.29 is 9.53 Å². The lowest BCUT2D eigenvalue weighted by atomic mass is 10.2. The standard InChI is InChI=1S/C14H14ClN3O2/c1-9-3-4-10(15)7-11(9)16-14(19)12-8-13-18(17-12)5-2-6-20-13/h3-4,7-8H,2,5-6H2,1H3,(H,16,19). The van der Waals surface area contributed by atoms with E-state index in [-0.39, 0.29) is 5.91 Å². The first-order valence-corrected chi connectivity index (χ1v) is 6.79. The largest absolute Gasteiger partial charge is 0.478 e. The van der Waals surface area contributed by atoms with Gasteiger partial charge in [0.2, 0.25) is 5.88 Å². The molecule has 0 unspecified atom stereocenters. The van der Waals surface area contributed by atoms with Gasteiger partial charge in [0.1, 0.15) is 0 Å². The smallest absolute Gasteiger partial charge is 0.276 e. The molecule has 20 heavy (non-hydrogen) atoms. The first-order valence-electron chi connectivity index (χ1n) is 6.41. The van der Waals surface area contributed by atoms with Gasteiger partial charge in [0.15, 0.2) is 5.69 Å². The molecule has 1 aliphatic heterocycles. The van der Waals surface area contributed by atoms with Gasteiger partial charge >= 0.3 is 0 Å². The van der Waals surface area contributed by atoms with Gasteiger partial charge in [-0.3, -0.25) is 4.79 Å². The summed E-state index contributed by atoms with van der Waals surface area (Å²) in [6.07, 6.45) is 0.906. The predicted octanol–water partition coefficient (Wildman–Crippen LogP) is 2.88. The Bertz CT molecular complexity index is 643. The van der Waals surface area contributed by atoms with Crippen molar-refractivity contribution in [2.24, 2.45) is 0 Å². The minimum Gasteiger partial charge on any atom is -0.478 e. The number of anilines is 1. The van der Waals surface area contributed by atoms with E-state index in [0.29, 0.717) is 28.9 Å². The van der Waals surface area contributed by atoms with E-state index in [2.05, 4.69) is 10.4 Å². The fourth-order valence-electron chi connectivity index (χ4n) is 2.09. The van der Waals surface area contributed by atoms with Crippen LogP contribution in [0.25, 0.3) is 0 Å². The fourth-order valence-corrected chi connectivity index (χ4v) is 2.27. The zero-order chi connectivity index (χ0) is 14.1. The second-order valence-corrected chi connectivity index (χ2v) is 5.14. The molecule has 0 saturated heterocycles. The van der Waals surface area contributed by atoms with Crippen LogP contribution in [-0.4, -0.2) is 22.3 Å². The summed E-state index contributed by atoms with van der Waals surface area (Å²) in [6, 6.07) is 7.03. The number of aryl methyl sites for hydroxylation is 2. The average Bonchev–Trinajstić information content (AvgIpc) is 2.87. The molecule has 2 aromatic rings. The molecule has 0 radical (unpaired) electrons. The van der Waals surface area contributed by atoms with Crippen LogP contribution in [0.4, 0.5) is 5.69 Å². The van der Waals surface area contributed by atoms with Crippen LogP contribution in [0.1, 0.15) is 22.5 Å². The molecule has 0 atom stereocenters. The summed E-state index contributed by atoms with van der Waals surface area (Å²) in [4.78, 5) is 12.2. The van der Waals surface area contributed by atoms with Crippen LogP contribution < -0.4 is 10.1 Å². The zero-order valence-electron chi connectivity index (χ0n) is 11.0. The van der Waals surface area contributed by atoms with Gasteiger partial charge in [-0.2, -0.15) is 5.10 Å². The second kappa shape index (κ2) is 5.17. The molecule has 6 heteroatoms. The third-order valence-corrected chi connectivity index (χ3v) is 3.42. The van der Waals surface area contributed by atoms with Gasteiger partial charge in [0.25, 0.3) is 5.91 Å². The Hall–Kier alpha value is -2.01. The maximum absolute atomic E-state index is 12.2. The SMILES string of the molecule is Cc1ccc(Cl)cc1NC(=O)c1cc2n(n1)CCCO2. The Balaban J connectivity index is 1.82. The second-order valence-electron chi connectivity index (χ2n) is 4.71. The highest BCUT2D eigenvalue weighted by Crippen LogP contribution is 2.22. The number of fused-ring (bicyclic) bond motifs is 1. The van der Waals surface area contributed by atoms with Gasteiger partial charge in [-0.25, -0.2) is 4.68 Å². The summed E-state index contributed by atoms with van der Waals surface area (Å²) >= 11 is 5.94. The number of nitrogens with zero attached hydrogens (tertiary/aromatic N) is 2. The number of benzene rings is 1. The number of ether oxygens (including phenoxy) is 1. The maximum Gasteiger partial charge on any atom is 0.276 e. The van der Waals surface area contributed by atoms with Crippen molar-refractivity contribution in [2.45, 2.75) is 19.9 Å². The molecule has 0 aliphatic carbocycles. The minimum absolute atomic E-state index is 0.263. The lowest BCUT2D eigenvalue weighted by Crippen LogP contribution is -2.16. The minimum atomic E-state index is -0.263. The summed E-state index contributed by atoms with van der Waals surface area (Å²) < 4.78 is 7.16. The maximum atomic E-state index is 12.2. The van der Waals surface area contributed by atoms with Crippen molar-refractivity contribution in [3.8, 4) is 5.88 Å². The predicted molar refractivity (Wildman–Crippen MR) is 76.5 cm³/mol. The first-order chi connectivity index (χ1) is 9.63. The van der Waals surface area contributed by atoms with Crippen LogP contribution in [0, 0.1) is 6.92 Å².